The Morgan fingerprint density at radius 2 is 2.05 bits per heavy atom. The Labute approximate surface area is 113 Å². The fourth-order valence-electron chi connectivity index (χ4n) is 1.74. The van der Waals surface area contributed by atoms with Gasteiger partial charge in [0.2, 0.25) is 10.0 Å². The lowest BCUT2D eigenvalue weighted by atomic mass is 9.88. The predicted octanol–water partition coefficient (Wildman–Crippen LogP) is -0.406. The van der Waals surface area contributed by atoms with Crippen LogP contribution >= 0.6 is 0 Å². The Kier molecular flexibility index (Phi) is 4.63. The van der Waals surface area contributed by atoms with Gasteiger partial charge in [-0.1, -0.05) is 6.92 Å². The number of carboxylic acid groups (broad SMARTS) is 1. The number of hydrogen-bond acceptors (Lipinski definition) is 5. The van der Waals surface area contributed by atoms with Gasteiger partial charge in [-0.05, 0) is 19.8 Å². The van der Waals surface area contributed by atoms with Gasteiger partial charge < -0.3 is 5.11 Å². The Morgan fingerprint density at radius 1 is 1.47 bits per heavy atom. The number of sulfone groups is 1. The third kappa shape index (κ3) is 3.90. The predicted molar refractivity (Wildman–Crippen MR) is 70.0 cm³/mol. The van der Waals surface area contributed by atoms with Crippen LogP contribution in [0.3, 0.4) is 0 Å². The van der Waals surface area contributed by atoms with Gasteiger partial charge in [0.1, 0.15) is 0 Å². The van der Waals surface area contributed by atoms with E-state index in [0.29, 0.717) is 0 Å². The van der Waals surface area contributed by atoms with E-state index >= 15 is 0 Å². The molecule has 0 saturated carbocycles. The highest BCUT2D eigenvalue weighted by Gasteiger charge is 2.39. The fraction of sp³-hybridized carbons (Fsp3) is 0.900. The van der Waals surface area contributed by atoms with Crippen molar-refractivity contribution in [1.82, 2.24) is 4.72 Å². The molecule has 112 valence electrons. The van der Waals surface area contributed by atoms with Crippen LogP contribution in [0.2, 0.25) is 0 Å². The van der Waals surface area contributed by atoms with Crippen molar-refractivity contribution in [3.8, 4) is 0 Å². The number of sulfonamides is 1. The first-order valence-electron chi connectivity index (χ1n) is 5.95. The normalized spacial score (nSPS) is 25.9. The molecule has 0 radical (unpaired) electrons. The van der Waals surface area contributed by atoms with Crippen LogP contribution in [0.4, 0.5) is 0 Å². The summed E-state index contributed by atoms with van der Waals surface area (Å²) in [5, 5.41) is 8.07. The molecule has 0 aromatic rings. The topological polar surface area (TPSA) is 118 Å². The highest BCUT2D eigenvalue weighted by molar-refractivity contribution is 7.95. The van der Waals surface area contributed by atoms with Crippen molar-refractivity contribution < 1.29 is 26.7 Å². The summed E-state index contributed by atoms with van der Waals surface area (Å²) in [4.78, 5) is 11.1. The number of aliphatic carboxylic acids is 1. The molecule has 1 aliphatic rings. The van der Waals surface area contributed by atoms with Crippen LogP contribution in [-0.2, 0) is 24.7 Å². The van der Waals surface area contributed by atoms with Gasteiger partial charge in [-0.25, -0.2) is 21.6 Å². The summed E-state index contributed by atoms with van der Waals surface area (Å²) in [5.41, 5.74) is -1.19. The van der Waals surface area contributed by atoms with E-state index in [1.165, 1.54) is 6.92 Å². The zero-order chi connectivity index (χ0) is 14.9. The first-order valence-corrected chi connectivity index (χ1v) is 9.31. The van der Waals surface area contributed by atoms with Gasteiger partial charge in [-0.2, -0.15) is 0 Å². The molecule has 0 spiro atoms. The quantitative estimate of drug-likeness (QED) is 0.688. The molecule has 1 heterocycles. The zero-order valence-electron chi connectivity index (χ0n) is 10.9. The molecule has 19 heavy (non-hydrogen) atoms. The molecule has 0 aromatic carbocycles. The molecular formula is C10H19NO6S2. The molecule has 1 rings (SSSR count). The summed E-state index contributed by atoms with van der Waals surface area (Å²) in [6, 6.07) is 0. The minimum absolute atomic E-state index is 0.0631. The molecule has 2 N–H and O–H groups in total. The van der Waals surface area contributed by atoms with E-state index in [1.807, 2.05) is 0 Å². The van der Waals surface area contributed by atoms with E-state index in [2.05, 4.69) is 4.72 Å². The SMILES string of the molecule is CCC(C)(CNS(=O)(=O)C1CCS(=O)(=O)C1)C(=O)O. The summed E-state index contributed by atoms with van der Waals surface area (Å²) in [7, 11) is -7.09. The van der Waals surface area contributed by atoms with E-state index in [1.54, 1.807) is 6.92 Å². The molecule has 0 amide bonds. The second-order valence-corrected chi connectivity index (χ2v) is 9.38. The highest BCUT2D eigenvalue weighted by atomic mass is 32.2. The molecule has 1 saturated heterocycles. The van der Waals surface area contributed by atoms with Crippen LogP contribution in [0.5, 0.6) is 0 Å². The fourth-order valence-corrected chi connectivity index (χ4v) is 5.95. The minimum Gasteiger partial charge on any atom is -0.481 e. The van der Waals surface area contributed by atoms with Crippen molar-refractivity contribution in [1.29, 1.82) is 0 Å². The van der Waals surface area contributed by atoms with Crippen molar-refractivity contribution in [2.24, 2.45) is 5.41 Å². The van der Waals surface area contributed by atoms with Crippen molar-refractivity contribution in [2.75, 3.05) is 18.1 Å². The van der Waals surface area contributed by atoms with E-state index in [0.717, 1.165) is 0 Å². The van der Waals surface area contributed by atoms with Crippen LogP contribution in [0.15, 0.2) is 0 Å². The molecule has 0 bridgehead atoms. The lowest BCUT2D eigenvalue weighted by Crippen LogP contribution is -2.44. The second kappa shape index (κ2) is 5.37. The molecule has 2 unspecified atom stereocenters. The van der Waals surface area contributed by atoms with E-state index in [-0.39, 0.29) is 25.1 Å². The van der Waals surface area contributed by atoms with Gasteiger partial charge in [0.25, 0.3) is 0 Å². The highest BCUT2D eigenvalue weighted by Crippen LogP contribution is 2.22. The standard InChI is InChI=1S/C10H19NO6S2/c1-3-10(2,9(12)13)7-11-19(16,17)8-4-5-18(14,15)6-8/h8,11H,3-7H2,1-2H3,(H,12,13). The monoisotopic (exact) mass is 313 g/mol. The Morgan fingerprint density at radius 3 is 2.42 bits per heavy atom. The lowest BCUT2D eigenvalue weighted by molar-refractivity contribution is -0.147. The number of rotatable bonds is 6. The molecule has 1 fully saturated rings. The van der Waals surface area contributed by atoms with E-state index < -0.39 is 42.2 Å². The van der Waals surface area contributed by atoms with Crippen molar-refractivity contribution in [3.63, 3.8) is 0 Å². The van der Waals surface area contributed by atoms with Crippen LogP contribution < -0.4 is 4.72 Å². The summed E-state index contributed by atoms with van der Waals surface area (Å²) in [6.45, 7) is 2.86. The van der Waals surface area contributed by atoms with Gasteiger partial charge in [-0.3, -0.25) is 4.79 Å². The van der Waals surface area contributed by atoms with E-state index in [4.69, 9.17) is 5.11 Å². The van der Waals surface area contributed by atoms with Gasteiger partial charge in [-0.15, -0.1) is 0 Å². The maximum absolute atomic E-state index is 11.9. The molecule has 7 nitrogen and oxygen atoms in total. The zero-order valence-corrected chi connectivity index (χ0v) is 12.6. The summed E-state index contributed by atoms with van der Waals surface area (Å²) < 4.78 is 48.6. The molecule has 2 atom stereocenters. The summed E-state index contributed by atoms with van der Waals surface area (Å²) in [6.07, 6.45) is 0.335. The minimum atomic E-state index is -3.80. The third-order valence-corrected chi connectivity index (χ3v) is 7.40. The van der Waals surface area contributed by atoms with Crippen LogP contribution in [0.1, 0.15) is 26.7 Å². The van der Waals surface area contributed by atoms with Crippen molar-refractivity contribution in [2.45, 2.75) is 31.9 Å². The van der Waals surface area contributed by atoms with Gasteiger partial charge in [0.15, 0.2) is 9.84 Å². The first-order chi connectivity index (χ1) is 8.52. The Bertz CT molecular complexity index is 553. The second-order valence-electron chi connectivity index (χ2n) is 5.11. The third-order valence-electron chi connectivity index (χ3n) is 3.59. The maximum atomic E-state index is 11.9. The molecule has 9 heteroatoms. The number of hydrogen-bond donors (Lipinski definition) is 2. The smallest absolute Gasteiger partial charge is 0.310 e. The molecule has 0 aromatic heterocycles. The van der Waals surface area contributed by atoms with Crippen molar-refractivity contribution in [3.05, 3.63) is 0 Å². The van der Waals surface area contributed by atoms with Crippen molar-refractivity contribution >= 4 is 25.8 Å². The number of nitrogens with one attached hydrogen (secondary N) is 1. The van der Waals surface area contributed by atoms with Crippen LogP contribution in [0.25, 0.3) is 0 Å². The largest absolute Gasteiger partial charge is 0.481 e. The van der Waals surface area contributed by atoms with E-state index in [9.17, 15) is 21.6 Å². The average molecular weight is 313 g/mol. The lowest BCUT2D eigenvalue weighted by Gasteiger charge is -2.24. The summed E-state index contributed by atoms with van der Waals surface area (Å²) in [5.74, 6) is -1.61. The van der Waals surface area contributed by atoms with Gasteiger partial charge >= 0.3 is 5.97 Å². The Balaban J connectivity index is 2.74. The molecular weight excluding hydrogens is 294 g/mol. The number of carboxylic acids is 1. The maximum Gasteiger partial charge on any atom is 0.310 e. The Hall–Kier alpha value is -0.670. The van der Waals surface area contributed by atoms with Crippen LogP contribution in [-0.4, -0.2) is 51.2 Å². The summed E-state index contributed by atoms with van der Waals surface area (Å²) >= 11 is 0. The average Bonchev–Trinajstić information content (AvgIpc) is 2.67. The van der Waals surface area contributed by atoms with Gasteiger partial charge in [0.05, 0.1) is 22.2 Å². The van der Waals surface area contributed by atoms with Gasteiger partial charge in [0, 0.05) is 6.54 Å². The molecule has 0 aliphatic carbocycles. The first kappa shape index (κ1) is 16.4. The molecule has 1 aliphatic heterocycles. The van der Waals surface area contributed by atoms with Crippen LogP contribution in [0, 0.1) is 5.41 Å². The number of carbonyl (C=O) groups is 1.